The average molecular weight is 633 g/mol. The van der Waals surface area contributed by atoms with Crippen molar-refractivity contribution >= 4 is 71.6 Å². The quantitative estimate of drug-likeness (QED) is 0.194. The van der Waals surface area contributed by atoms with Crippen LogP contribution in [0.1, 0.15) is 0 Å². The first-order chi connectivity index (χ1) is 24.2. The van der Waals surface area contributed by atoms with Gasteiger partial charge in [-0.3, -0.25) is 8.97 Å². The topological polar surface area (TPSA) is 40.3 Å². The van der Waals surface area contributed by atoms with E-state index >= 15 is 4.39 Å². The number of imidazole rings is 2. The summed E-state index contributed by atoms with van der Waals surface area (Å²) in [4.78, 5) is 5.06. The van der Waals surface area contributed by atoms with E-state index in [1.165, 1.54) is 6.07 Å². The third-order valence-corrected chi connectivity index (χ3v) is 9.91. The van der Waals surface area contributed by atoms with Gasteiger partial charge in [-0.15, -0.1) is 0 Å². The molecule has 0 unspecified atom stereocenters. The molecule has 0 atom stereocenters. The number of hydrogen-bond donors (Lipinski definition) is 0. The van der Waals surface area contributed by atoms with Crippen molar-refractivity contribution in [3.63, 3.8) is 0 Å². The highest BCUT2D eigenvalue weighted by Crippen LogP contribution is 2.38. The molecule has 7 aromatic carbocycles. The van der Waals surface area contributed by atoms with E-state index in [1.807, 2.05) is 48.5 Å². The summed E-state index contributed by atoms with van der Waals surface area (Å²) in [5, 5.41) is 3.57. The first kappa shape index (κ1) is 26.4. The van der Waals surface area contributed by atoms with Gasteiger partial charge in [-0.2, -0.15) is 0 Å². The van der Waals surface area contributed by atoms with E-state index in [0.29, 0.717) is 5.39 Å². The van der Waals surface area contributed by atoms with Gasteiger partial charge in [-0.05, 0) is 96.1 Å². The fourth-order valence-electron chi connectivity index (χ4n) is 7.75. The molecule has 0 aliphatic carbocycles. The normalized spacial score (nSPS) is 12.2. The van der Waals surface area contributed by atoms with Gasteiger partial charge < -0.3 is 8.98 Å². The number of benzene rings is 7. The lowest BCUT2D eigenvalue weighted by molar-refractivity contribution is 0.640. The van der Waals surface area contributed by atoms with Gasteiger partial charge in [0.15, 0.2) is 0 Å². The van der Waals surface area contributed by atoms with Crippen LogP contribution in [0.15, 0.2) is 156 Å². The molecule has 6 heteroatoms. The molecule has 0 aliphatic rings. The number of aromatic nitrogens is 4. The molecule has 230 valence electrons. The minimum atomic E-state index is -0.219. The Bertz CT molecular complexity index is 3120. The van der Waals surface area contributed by atoms with Crippen molar-refractivity contribution in [1.82, 2.24) is 18.5 Å². The highest BCUT2D eigenvalue weighted by molar-refractivity contribution is 6.11. The third kappa shape index (κ3) is 3.65. The lowest BCUT2D eigenvalue weighted by Crippen LogP contribution is -1.94. The number of furan rings is 1. The summed E-state index contributed by atoms with van der Waals surface area (Å²) in [5.41, 5.74) is 11.9. The van der Waals surface area contributed by atoms with Crippen LogP contribution < -0.4 is 0 Å². The van der Waals surface area contributed by atoms with Crippen molar-refractivity contribution in [1.29, 1.82) is 0 Å². The van der Waals surface area contributed by atoms with Gasteiger partial charge in [0.1, 0.15) is 17.0 Å². The summed E-state index contributed by atoms with van der Waals surface area (Å²) >= 11 is 0. The Labute approximate surface area is 278 Å². The molecule has 0 radical (unpaired) electrons. The van der Waals surface area contributed by atoms with E-state index in [4.69, 9.17) is 9.40 Å². The first-order valence-corrected chi connectivity index (χ1v) is 16.3. The zero-order valence-electron chi connectivity index (χ0n) is 26.0. The summed E-state index contributed by atoms with van der Waals surface area (Å²) in [6, 6.07) is 51.2. The number of rotatable bonds is 3. The molecular weight excluding hydrogens is 607 g/mol. The van der Waals surface area contributed by atoms with E-state index in [9.17, 15) is 0 Å². The van der Waals surface area contributed by atoms with E-state index < -0.39 is 0 Å². The number of fused-ring (bicyclic) bond motifs is 11. The van der Waals surface area contributed by atoms with Gasteiger partial charge in [-0.25, -0.2) is 9.37 Å². The maximum atomic E-state index is 15.2. The van der Waals surface area contributed by atoms with Crippen LogP contribution in [0, 0.1) is 5.82 Å². The van der Waals surface area contributed by atoms with Crippen LogP contribution in [0.4, 0.5) is 4.39 Å². The first-order valence-electron chi connectivity index (χ1n) is 16.3. The molecule has 0 aliphatic heterocycles. The van der Waals surface area contributed by atoms with E-state index in [2.05, 4.69) is 105 Å². The fourth-order valence-corrected chi connectivity index (χ4v) is 7.75. The zero-order valence-corrected chi connectivity index (χ0v) is 26.0. The van der Waals surface area contributed by atoms with E-state index in [0.717, 1.165) is 88.7 Å². The standard InChI is InChI=1S/C43H25FN4O/c44-33-12-8-16-38-42(33)30-11-4-6-14-35(30)46(38)29-19-22-41-32(25-29)31-23-26(18-21-40(31)49-41)27-17-20-37-39(24-27)48-36-15-7-5-13-34(36)45-43(48)47(37)28-9-2-1-3-10-28/h1-25H. The second kappa shape index (κ2) is 9.69. The van der Waals surface area contributed by atoms with Crippen molar-refractivity contribution < 1.29 is 8.81 Å². The molecule has 11 aromatic rings. The van der Waals surface area contributed by atoms with Crippen LogP contribution in [0.2, 0.25) is 0 Å². The van der Waals surface area contributed by atoms with Crippen LogP contribution in [0.5, 0.6) is 0 Å². The zero-order chi connectivity index (χ0) is 32.2. The Hall–Kier alpha value is -6.66. The molecule has 4 aromatic heterocycles. The highest BCUT2D eigenvalue weighted by atomic mass is 19.1. The van der Waals surface area contributed by atoms with Gasteiger partial charge in [-0.1, -0.05) is 66.7 Å². The molecule has 11 rings (SSSR count). The van der Waals surface area contributed by atoms with Crippen molar-refractivity contribution in [2.45, 2.75) is 0 Å². The second-order valence-corrected chi connectivity index (χ2v) is 12.6. The monoisotopic (exact) mass is 632 g/mol. The van der Waals surface area contributed by atoms with Crippen LogP contribution in [-0.2, 0) is 0 Å². The fraction of sp³-hybridized carbons (Fsp3) is 0. The number of halogens is 1. The molecule has 0 bridgehead atoms. The molecule has 0 spiro atoms. The SMILES string of the molecule is Fc1cccc2c1c1ccccc1n2-c1ccc2oc3ccc(-c4ccc5c(c4)n4c6ccccc6nc4n5-c4ccccc4)cc3c2c1. The molecule has 0 saturated heterocycles. The Balaban J connectivity index is 1.12. The van der Waals surface area contributed by atoms with Crippen LogP contribution >= 0.6 is 0 Å². The van der Waals surface area contributed by atoms with Gasteiger partial charge in [0.25, 0.3) is 0 Å². The molecular formula is C43H25FN4O. The van der Waals surface area contributed by atoms with Crippen molar-refractivity contribution in [3.8, 4) is 22.5 Å². The maximum absolute atomic E-state index is 15.2. The number of nitrogens with zero attached hydrogens (tertiary/aromatic N) is 4. The molecule has 4 heterocycles. The van der Waals surface area contributed by atoms with Crippen molar-refractivity contribution in [2.75, 3.05) is 0 Å². The van der Waals surface area contributed by atoms with E-state index in [-0.39, 0.29) is 5.82 Å². The highest BCUT2D eigenvalue weighted by Gasteiger charge is 2.19. The van der Waals surface area contributed by atoms with Crippen LogP contribution in [0.3, 0.4) is 0 Å². The lowest BCUT2D eigenvalue weighted by atomic mass is 10.0. The van der Waals surface area contributed by atoms with E-state index in [1.54, 1.807) is 6.07 Å². The molecule has 0 N–H and O–H groups in total. The maximum Gasteiger partial charge on any atom is 0.220 e. The predicted octanol–water partition coefficient (Wildman–Crippen LogP) is 11.2. The summed E-state index contributed by atoms with van der Waals surface area (Å²) in [7, 11) is 0. The Morgan fingerprint density at radius 2 is 1.18 bits per heavy atom. The smallest absolute Gasteiger partial charge is 0.220 e. The largest absolute Gasteiger partial charge is 0.456 e. The molecule has 0 fully saturated rings. The summed E-state index contributed by atoms with van der Waals surface area (Å²) in [5.74, 6) is 0.664. The predicted molar refractivity (Wildman–Crippen MR) is 197 cm³/mol. The van der Waals surface area contributed by atoms with Crippen molar-refractivity contribution in [3.05, 3.63) is 157 Å². The number of para-hydroxylation sites is 4. The third-order valence-electron chi connectivity index (χ3n) is 9.91. The summed E-state index contributed by atoms with van der Waals surface area (Å²) in [6.45, 7) is 0. The Kier molecular flexibility index (Phi) is 5.22. The Morgan fingerprint density at radius 3 is 2.08 bits per heavy atom. The van der Waals surface area contributed by atoms with Crippen LogP contribution in [0.25, 0.3) is 94.1 Å². The minimum Gasteiger partial charge on any atom is -0.456 e. The number of hydrogen-bond acceptors (Lipinski definition) is 2. The Morgan fingerprint density at radius 1 is 0.469 bits per heavy atom. The van der Waals surface area contributed by atoms with Gasteiger partial charge >= 0.3 is 0 Å². The van der Waals surface area contributed by atoms with Crippen molar-refractivity contribution in [2.24, 2.45) is 0 Å². The van der Waals surface area contributed by atoms with Crippen LogP contribution in [-0.4, -0.2) is 18.5 Å². The van der Waals surface area contributed by atoms with Gasteiger partial charge in [0.05, 0.1) is 33.1 Å². The summed E-state index contributed by atoms with van der Waals surface area (Å²) < 4.78 is 28.1. The molecule has 49 heavy (non-hydrogen) atoms. The minimum absolute atomic E-state index is 0.219. The lowest BCUT2D eigenvalue weighted by Gasteiger charge is -2.08. The van der Waals surface area contributed by atoms with Gasteiger partial charge in [0.2, 0.25) is 5.78 Å². The molecule has 0 amide bonds. The van der Waals surface area contributed by atoms with Gasteiger partial charge in [0, 0.05) is 32.9 Å². The molecule has 0 saturated carbocycles. The second-order valence-electron chi connectivity index (χ2n) is 12.6. The average Bonchev–Trinajstić information content (AvgIpc) is 3.88. The summed E-state index contributed by atoms with van der Waals surface area (Å²) in [6.07, 6.45) is 0. The molecule has 5 nitrogen and oxygen atoms in total.